The largest absolute Gasteiger partial charge is 0.486 e. The number of thiophene rings is 1. The lowest BCUT2D eigenvalue weighted by Crippen LogP contribution is -2.03. The van der Waals surface area contributed by atoms with E-state index in [0.29, 0.717) is 6.61 Å². The molecule has 0 amide bonds. The number of thioether (sulfide) groups is 1. The molecule has 0 saturated heterocycles. The van der Waals surface area contributed by atoms with Gasteiger partial charge in [0, 0.05) is 11.1 Å². The summed E-state index contributed by atoms with van der Waals surface area (Å²) in [6.45, 7) is 1.21. The van der Waals surface area contributed by atoms with Crippen LogP contribution in [0.1, 0.15) is 16.3 Å². The highest BCUT2D eigenvalue weighted by Crippen LogP contribution is 2.30. The average molecular weight is 477 g/mol. The number of para-hydroxylation sites is 1. The number of ether oxygens (including phenoxy) is 1. The molecule has 5 nitrogen and oxygen atoms in total. The second-order valence-electron chi connectivity index (χ2n) is 6.98. The molecule has 3 aromatic heterocycles. The molecule has 2 aromatic carbocycles. The predicted molar refractivity (Wildman–Crippen MR) is 131 cm³/mol. The zero-order valence-electron chi connectivity index (χ0n) is 17.1. The van der Waals surface area contributed by atoms with Gasteiger partial charge in [-0.25, -0.2) is 4.98 Å². The van der Waals surface area contributed by atoms with Gasteiger partial charge in [0.1, 0.15) is 17.4 Å². The van der Waals surface area contributed by atoms with Crippen LogP contribution in [-0.2, 0) is 18.9 Å². The summed E-state index contributed by atoms with van der Waals surface area (Å²) in [4.78, 5) is 5.85. The van der Waals surface area contributed by atoms with Gasteiger partial charge in [-0.15, -0.1) is 32.9 Å². The molecule has 0 aliphatic carbocycles. The molecule has 32 heavy (non-hydrogen) atoms. The third-order valence-corrected chi connectivity index (χ3v) is 7.43. The van der Waals surface area contributed by atoms with Gasteiger partial charge in [0.15, 0.2) is 11.0 Å². The number of thiazole rings is 1. The Morgan fingerprint density at radius 1 is 0.875 bits per heavy atom. The van der Waals surface area contributed by atoms with Crippen LogP contribution in [0.25, 0.3) is 10.7 Å². The fourth-order valence-corrected chi connectivity index (χ4v) is 5.53. The summed E-state index contributed by atoms with van der Waals surface area (Å²) in [5.74, 6) is 2.49. The quantitative estimate of drug-likeness (QED) is 0.231. The average Bonchev–Trinajstić information content (AvgIpc) is 3.59. The Hall–Kier alpha value is -2.94. The van der Waals surface area contributed by atoms with Crippen LogP contribution in [0.4, 0.5) is 0 Å². The molecule has 8 heteroatoms. The van der Waals surface area contributed by atoms with Gasteiger partial charge in [-0.2, -0.15) is 0 Å². The Morgan fingerprint density at radius 3 is 2.47 bits per heavy atom. The van der Waals surface area contributed by atoms with E-state index < -0.39 is 0 Å². The van der Waals surface area contributed by atoms with Crippen LogP contribution < -0.4 is 4.74 Å². The van der Waals surface area contributed by atoms with Crippen molar-refractivity contribution in [3.05, 3.63) is 99.8 Å². The van der Waals surface area contributed by atoms with Crippen molar-refractivity contribution < 1.29 is 4.74 Å². The molecule has 0 aliphatic rings. The van der Waals surface area contributed by atoms with Crippen LogP contribution in [0.5, 0.6) is 5.75 Å². The van der Waals surface area contributed by atoms with E-state index in [0.717, 1.165) is 44.6 Å². The standard InChI is InChI=1S/C24H20N4OS3/c1-3-8-18(9-4-1)14-28-23(21-12-7-13-30-21)26-27-24(28)32-17-19-16-31-22(25-19)15-29-20-10-5-2-6-11-20/h1-13,16H,14-15,17H2. The molecule has 0 fully saturated rings. The Bertz CT molecular complexity index is 1250. The van der Waals surface area contributed by atoms with Crippen molar-refractivity contribution in [2.45, 2.75) is 24.1 Å². The number of rotatable bonds is 9. The lowest BCUT2D eigenvalue weighted by molar-refractivity contribution is 0.305. The molecule has 0 bridgehead atoms. The van der Waals surface area contributed by atoms with Gasteiger partial charge in [-0.1, -0.05) is 66.4 Å². The van der Waals surface area contributed by atoms with E-state index in [-0.39, 0.29) is 0 Å². The lowest BCUT2D eigenvalue weighted by atomic mass is 10.2. The molecule has 0 saturated carbocycles. The van der Waals surface area contributed by atoms with Crippen molar-refractivity contribution >= 4 is 34.4 Å². The molecule has 0 atom stereocenters. The van der Waals surface area contributed by atoms with Gasteiger partial charge < -0.3 is 4.74 Å². The smallest absolute Gasteiger partial charge is 0.192 e. The molecule has 0 radical (unpaired) electrons. The van der Waals surface area contributed by atoms with E-state index in [1.165, 1.54) is 5.56 Å². The van der Waals surface area contributed by atoms with Crippen molar-refractivity contribution in [2.24, 2.45) is 0 Å². The van der Waals surface area contributed by atoms with E-state index >= 15 is 0 Å². The minimum Gasteiger partial charge on any atom is -0.486 e. The minimum atomic E-state index is 0.478. The molecular formula is C24H20N4OS3. The van der Waals surface area contributed by atoms with Crippen molar-refractivity contribution in [1.82, 2.24) is 19.7 Å². The van der Waals surface area contributed by atoms with Gasteiger partial charge >= 0.3 is 0 Å². The summed E-state index contributed by atoms with van der Waals surface area (Å²) < 4.78 is 8.01. The molecule has 3 heterocycles. The van der Waals surface area contributed by atoms with Gasteiger partial charge in [-0.3, -0.25) is 4.57 Å². The molecule has 160 valence electrons. The van der Waals surface area contributed by atoms with Gasteiger partial charge in [0.25, 0.3) is 0 Å². The zero-order chi connectivity index (χ0) is 21.6. The molecule has 0 N–H and O–H groups in total. The Kier molecular flexibility index (Phi) is 6.62. The first kappa shape index (κ1) is 20.9. The van der Waals surface area contributed by atoms with Crippen molar-refractivity contribution in [1.29, 1.82) is 0 Å². The summed E-state index contributed by atoms with van der Waals surface area (Å²) in [7, 11) is 0. The van der Waals surface area contributed by atoms with Gasteiger partial charge in [0.2, 0.25) is 0 Å². The van der Waals surface area contributed by atoms with Crippen LogP contribution in [-0.4, -0.2) is 19.7 Å². The first-order valence-electron chi connectivity index (χ1n) is 10.1. The number of hydrogen-bond acceptors (Lipinski definition) is 7. The second kappa shape index (κ2) is 10.1. The molecular weight excluding hydrogens is 456 g/mol. The molecule has 0 spiro atoms. The minimum absolute atomic E-state index is 0.478. The normalized spacial score (nSPS) is 11.0. The third-order valence-electron chi connectivity index (χ3n) is 4.70. The monoisotopic (exact) mass is 476 g/mol. The summed E-state index contributed by atoms with van der Waals surface area (Å²) >= 11 is 4.96. The highest BCUT2D eigenvalue weighted by atomic mass is 32.2. The van der Waals surface area contributed by atoms with Gasteiger partial charge in [0.05, 0.1) is 17.1 Å². The first-order valence-corrected chi connectivity index (χ1v) is 12.8. The van der Waals surface area contributed by atoms with Crippen molar-refractivity contribution in [2.75, 3.05) is 0 Å². The Balaban J connectivity index is 1.29. The van der Waals surface area contributed by atoms with E-state index in [2.05, 4.69) is 55.9 Å². The van der Waals surface area contributed by atoms with Crippen LogP contribution in [0, 0.1) is 0 Å². The van der Waals surface area contributed by atoms with E-state index in [4.69, 9.17) is 9.72 Å². The molecule has 5 aromatic rings. The second-order valence-corrected chi connectivity index (χ2v) is 9.81. The van der Waals surface area contributed by atoms with Crippen molar-refractivity contribution in [3.8, 4) is 16.5 Å². The molecule has 0 aliphatic heterocycles. The fraction of sp³-hybridized carbons (Fsp3) is 0.125. The van der Waals surface area contributed by atoms with Crippen LogP contribution in [0.2, 0.25) is 0 Å². The third kappa shape index (κ3) is 5.09. The molecule has 0 unspecified atom stereocenters. The number of nitrogens with zero attached hydrogens (tertiary/aromatic N) is 4. The van der Waals surface area contributed by atoms with Gasteiger partial charge in [-0.05, 0) is 29.1 Å². The van der Waals surface area contributed by atoms with Crippen LogP contribution in [0.3, 0.4) is 0 Å². The highest BCUT2D eigenvalue weighted by Gasteiger charge is 2.16. The van der Waals surface area contributed by atoms with Crippen LogP contribution in [0.15, 0.2) is 88.7 Å². The fourth-order valence-electron chi connectivity index (χ4n) is 3.17. The number of hydrogen-bond donors (Lipinski definition) is 0. The maximum absolute atomic E-state index is 5.81. The maximum Gasteiger partial charge on any atom is 0.192 e. The van der Waals surface area contributed by atoms with E-state index in [1.54, 1.807) is 34.4 Å². The summed E-state index contributed by atoms with van der Waals surface area (Å²) in [5, 5.41) is 15.0. The first-order chi connectivity index (χ1) is 15.8. The SMILES string of the molecule is c1ccc(Cn2c(SCc3csc(COc4ccccc4)n3)nnc2-c2cccs2)cc1. The van der Waals surface area contributed by atoms with Crippen molar-refractivity contribution in [3.63, 3.8) is 0 Å². The highest BCUT2D eigenvalue weighted by molar-refractivity contribution is 7.98. The topological polar surface area (TPSA) is 52.8 Å². The summed E-state index contributed by atoms with van der Waals surface area (Å²) in [6, 6.07) is 24.4. The lowest BCUT2D eigenvalue weighted by Gasteiger charge is -2.09. The zero-order valence-corrected chi connectivity index (χ0v) is 19.6. The summed E-state index contributed by atoms with van der Waals surface area (Å²) in [5.41, 5.74) is 2.25. The Labute approximate surface area is 198 Å². The maximum atomic E-state index is 5.81. The number of aromatic nitrogens is 4. The Morgan fingerprint density at radius 2 is 1.69 bits per heavy atom. The molecule has 5 rings (SSSR count). The van der Waals surface area contributed by atoms with E-state index in [1.807, 2.05) is 42.5 Å². The van der Waals surface area contributed by atoms with Crippen LogP contribution >= 0.6 is 34.4 Å². The predicted octanol–water partition coefficient (Wildman–Crippen LogP) is 6.38. The summed E-state index contributed by atoms with van der Waals surface area (Å²) in [6.07, 6.45) is 0. The van der Waals surface area contributed by atoms with E-state index in [9.17, 15) is 0 Å². The number of benzene rings is 2.